The smallest absolute Gasteiger partial charge is 0.264 e. The number of likely N-dealkylation sites (N-methyl/N-ethyl adjacent to an activating group) is 1. The molecule has 1 saturated carbocycles. The van der Waals surface area contributed by atoms with E-state index in [-0.39, 0.29) is 41.8 Å². The number of hydrogen-bond acceptors (Lipinski definition) is 9. The van der Waals surface area contributed by atoms with E-state index in [0.29, 0.717) is 43.8 Å². The standard InChI is InChI=1S/C39H54ClN3O7S/c1-25-7-5-9-32(38-48-20-30(21-49-38)42(2)3)31-13-10-28(31)19-43-23-39(16-6-8-26-17-29(40)12-14-33(26)39)24-50-35-15-11-27(18-34(35)43)37(44)41-51(45,46)36(25)22-47-4/h11-12,14-15,17-18,25,28,30-32,36,38H,5-10,13,16,19-24H2,1-4H3,(H,41,44)/t25?,28-,30?,31?,32-,36+,38?,39-/m0/s1. The Balaban J connectivity index is 1.27. The van der Waals surface area contributed by atoms with Crippen LogP contribution in [-0.4, -0.2) is 97.5 Å². The molecule has 1 amide bonds. The summed E-state index contributed by atoms with van der Waals surface area (Å²) in [6, 6.07) is 11.8. The molecule has 2 fully saturated rings. The van der Waals surface area contributed by atoms with Crippen LogP contribution in [-0.2, 0) is 36.1 Å². The number of carbonyl (C=O) groups excluding carboxylic acids is 1. The third-order valence-corrected chi connectivity index (χ3v) is 14.7. The molecule has 3 aliphatic heterocycles. The fraction of sp³-hybridized carbons (Fsp3) is 0.667. The number of fused-ring (bicyclic) bond motifs is 4. The van der Waals surface area contributed by atoms with Gasteiger partial charge in [-0.05, 0) is 118 Å². The number of anilines is 1. The van der Waals surface area contributed by atoms with Crippen molar-refractivity contribution in [1.82, 2.24) is 9.62 Å². The monoisotopic (exact) mass is 743 g/mol. The minimum Gasteiger partial charge on any atom is -0.490 e. The van der Waals surface area contributed by atoms with Gasteiger partial charge < -0.3 is 28.7 Å². The molecule has 12 heteroatoms. The Morgan fingerprint density at radius 1 is 1.04 bits per heavy atom. The Kier molecular flexibility index (Phi) is 11.0. The Morgan fingerprint density at radius 3 is 2.57 bits per heavy atom. The minimum atomic E-state index is -4.05. The zero-order valence-corrected chi connectivity index (χ0v) is 32.0. The zero-order valence-electron chi connectivity index (χ0n) is 30.4. The van der Waals surface area contributed by atoms with Crippen molar-refractivity contribution in [1.29, 1.82) is 0 Å². The van der Waals surface area contributed by atoms with Crippen molar-refractivity contribution in [2.45, 2.75) is 81.3 Å². The van der Waals surface area contributed by atoms with Gasteiger partial charge in [-0.15, -0.1) is 0 Å². The summed E-state index contributed by atoms with van der Waals surface area (Å²) in [5, 5.41) is -0.133. The molecule has 10 nitrogen and oxygen atoms in total. The number of sulfonamides is 1. The van der Waals surface area contributed by atoms with E-state index in [9.17, 15) is 13.2 Å². The first kappa shape index (κ1) is 36.9. The summed E-state index contributed by atoms with van der Waals surface area (Å²) in [6.45, 7) is 5.22. The highest BCUT2D eigenvalue weighted by Gasteiger charge is 2.47. The van der Waals surface area contributed by atoms with E-state index < -0.39 is 21.2 Å². The van der Waals surface area contributed by atoms with Gasteiger partial charge in [0.2, 0.25) is 10.0 Å². The molecule has 3 heterocycles. The van der Waals surface area contributed by atoms with Gasteiger partial charge >= 0.3 is 0 Å². The van der Waals surface area contributed by atoms with Crippen molar-refractivity contribution in [3.63, 3.8) is 0 Å². The summed E-state index contributed by atoms with van der Waals surface area (Å²) >= 11 is 6.48. The lowest BCUT2D eigenvalue weighted by atomic mass is 9.64. The van der Waals surface area contributed by atoms with Crippen molar-refractivity contribution in [3.05, 3.63) is 58.1 Å². The van der Waals surface area contributed by atoms with Gasteiger partial charge in [0.25, 0.3) is 5.91 Å². The maximum Gasteiger partial charge on any atom is 0.264 e. The lowest BCUT2D eigenvalue weighted by molar-refractivity contribution is -0.240. The molecule has 2 aromatic carbocycles. The highest BCUT2D eigenvalue weighted by molar-refractivity contribution is 7.90. The summed E-state index contributed by atoms with van der Waals surface area (Å²) in [5.74, 6) is 0.812. The number of carbonyl (C=O) groups is 1. The Bertz CT molecular complexity index is 1680. The van der Waals surface area contributed by atoms with Gasteiger partial charge in [-0.1, -0.05) is 31.0 Å². The molecule has 0 radical (unpaired) electrons. The summed E-state index contributed by atoms with van der Waals surface area (Å²) in [4.78, 5) is 18.3. The number of benzene rings is 2. The van der Waals surface area contributed by atoms with E-state index in [1.807, 2.05) is 25.1 Å². The maximum atomic E-state index is 13.8. The average Bonchev–Trinajstić information content (AvgIpc) is 3.24. The quantitative estimate of drug-likeness (QED) is 0.425. The van der Waals surface area contributed by atoms with E-state index in [1.165, 1.54) is 18.2 Å². The number of nitrogens with zero attached hydrogens (tertiary/aromatic N) is 2. The van der Waals surface area contributed by atoms with Gasteiger partial charge in [0.1, 0.15) is 11.0 Å². The predicted octanol–water partition coefficient (Wildman–Crippen LogP) is 5.65. The van der Waals surface area contributed by atoms with E-state index in [0.717, 1.165) is 68.7 Å². The number of amides is 1. The summed E-state index contributed by atoms with van der Waals surface area (Å²) in [7, 11) is 1.56. The highest BCUT2D eigenvalue weighted by atomic mass is 35.5. The first-order valence-corrected chi connectivity index (χ1v) is 20.7. The van der Waals surface area contributed by atoms with Crippen molar-refractivity contribution in [2.75, 3.05) is 65.6 Å². The molecule has 5 aliphatic rings. The van der Waals surface area contributed by atoms with Crippen LogP contribution in [0.25, 0.3) is 0 Å². The van der Waals surface area contributed by atoms with E-state index in [4.69, 9.17) is 30.5 Å². The maximum absolute atomic E-state index is 13.8. The first-order valence-electron chi connectivity index (χ1n) is 18.7. The second-order valence-electron chi connectivity index (χ2n) is 16.0. The SMILES string of the molecule is COC[C@@H]1C(C)CCC[C@H](C2OCC(N(C)C)CO2)C2CC[C@H]2CN2C[C@@]3(CCCc4cc(Cl)ccc43)COc3ccc(cc32)C(=O)NS1(=O)=O. The van der Waals surface area contributed by atoms with Crippen LogP contribution in [0, 0.1) is 23.7 Å². The number of ether oxygens (including phenoxy) is 4. The van der Waals surface area contributed by atoms with Crippen molar-refractivity contribution >= 4 is 33.2 Å². The fourth-order valence-electron chi connectivity index (χ4n) is 9.38. The first-order chi connectivity index (χ1) is 24.5. The van der Waals surface area contributed by atoms with Crippen LogP contribution >= 0.6 is 11.6 Å². The van der Waals surface area contributed by atoms with E-state index in [1.54, 1.807) is 6.07 Å². The second-order valence-corrected chi connectivity index (χ2v) is 18.3. The number of halogens is 1. The Morgan fingerprint density at radius 2 is 1.84 bits per heavy atom. The Hall–Kier alpha value is -2.41. The van der Waals surface area contributed by atoms with Crippen LogP contribution in [0.5, 0.6) is 5.75 Å². The third-order valence-electron chi connectivity index (χ3n) is 12.6. The number of aryl methyl sites for hydroxylation is 1. The molecule has 1 saturated heterocycles. The van der Waals surface area contributed by atoms with Gasteiger partial charge in [0, 0.05) is 42.1 Å². The van der Waals surface area contributed by atoms with Crippen LogP contribution in [0.15, 0.2) is 36.4 Å². The molecule has 7 rings (SSSR count). The summed E-state index contributed by atoms with van der Waals surface area (Å²) < 4.78 is 55.1. The lowest BCUT2D eigenvalue weighted by Gasteiger charge is -2.49. The summed E-state index contributed by atoms with van der Waals surface area (Å²) in [6.07, 6.45) is 7.26. The molecular formula is C39H54ClN3O7S. The zero-order chi connectivity index (χ0) is 35.9. The van der Waals surface area contributed by atoms with Crippen LogP contribution in [0.1, 0.15) is 73.4 Å². The van der Waals surface area contributed by atoms with Crippen LogP contribution in [0.3, 0.4) is 0 Å². The van der Waals surface area contributed by atoms with Crippen LogP contribution < -0.4 is 14.4 Å². The minimum absolute atomic E-state index is 0.000741. The van der Waals surface area contributed by atoms with Gasteiger partial charge in [0.15, 0.2) is 6.29 Å². The van der Waals surface area contributed by atoms with Crippen molar-refractivity contribution in [3.8, 4) is 5.75 Å². The molecule has 1 spiro atoms. The molecule has 2 bridgehead atoms. The van der Waals surface area contributed by atoms with Gasteiger partial charge in [-0.2, -0.15) is 0 Å². The number of methoxy groups -OCH3 is 1. The van der Waals surface area contributed by atoms with E-state index >= 15 is 0 Å². The molecule has 0 aromatic heterocycles. The lowest BCUT2D eigenvalue weighted by Crippen LogP contribution is -2.52. The number of hydrogen-bond donors (Lipinski definition) is 1. The molecule has 6 atom stereocenters. The van der Waals surface area contributed by atoms with E-state index in [2.05, 4.69) is 40.7 Å². The second kappa shape index (κ2) is 15.1. The van der Waals surface area contributed by atoms with Crippen molar-refractivity contribution < 1.29 is 32.2 Å². The topological polar surface area (TPSA) is 107 Å². The highest BCUT2D eigenvalue weighted by Crippen LogP contribution is 2.49. The number of rotatable bonds is 4. The van der Waals surface area contributed by atoms with Gasteiger partial charge in [-0.3, -0.25) is 4.79 Å². The fourth-order valence-corrected chi connectivity index (χ4v) is 11.2. The van der Waals surface area contributed by atoms with Gasteiger partial charge in [-0.25, -0.2) is 13.1 Å². The summed E-state index contributed by atoms with van der Waals surface area (Å²) in [5.41, 5.74) is 3.40. The predicted molar refractivity (Wildman–Crippen MR) is 198 cm³/mol. The Labute approximate surface area is 308 Å². The molecule has 51 heavy (non-hydrogen) atoms. The van der Waals surface area contributed by atoms with Crippen LogP contribution in [0.4, 0.5) is 5.69 Å². The molecule has 2 aromatic rings. The molecular weight excluding hydrogens is 690 g/mol. The molecule has 2 unspecified atom stereocenters. The third kappa shape index (κ3) is 7.53. The number of nitrogens with one attached hydrogen (secondary N) is 1. The molecule has 1 N–H and O–H groups in total. The van der Waals surface area contributed by atoms with Crippen LogP contribution in [0.2, 0.25) is 5.02 Å². The molecule has 2 aliphatic carbocycles. The van der Waals surface area contributed by atoms with Crippen molar-refractivity contribution in [2.24, 2.45) is 23.7 Å². The normalized spacial score (nSPS) is 34.0. The molecule has 280 valence electrons. The average molecular weight is 744 g/mol. The largest absolute Gasteiger partial charge is 0.490 e. The van der Waals surface area contributed by atoms with Gasteiger partial charge in [0.05, 0.1) is 38.2 Å².